The van der Waals surface area contributed by atoms with Gasteiger partial charge in [0.15, 0.2) is 17.3 Å². The average molecular weight is 283 g/mol. The molecule has 2 heterocycles. The Labute approximate surface area is 119 Å². The Hall–Kier alpha value is -2.82. The highest BCUT2D eigenvalue weighted by molar-refractivity contribution is 6.16. The van der Waals surface area contributed by atoms with Crippen molar-refractivity contribution in [2.45, 2.75) is 0 Å². The largest absolute Gasteiger partial charge is 0.454 e. The lowest BCUT2D eigenvalue weighted by Gasteiger charge is -2.02. The molecule has 4 rings (SSSR count). The van der Waals surface area contributed by atoms with Gasteiger partial charge in [-0.3, -0.25) is 4.79 Å². The minimum absolute atomic E-state index is 0.158. The number of ketones is 1. The van der Waals surface area contributed by atoms with Gasteiger partial charge in [-0.2, -0.15) is 0 Å². The normalized spacial score (nSPS) is 12.8. The van der Waals surface area contributed by atoms with E-state index in [1.165, 1.54) is 12.1 Å². The van der Waals surface area contributed by atoms with Crippen molar-refractivity contribution in [3.05, 3.63) is 59.5 Å². The molecule has 1 aliphatic rings. The van der Waals surface area contributed by atoms with Crippen LogP contribution in [0.4, 0.5) is 4.39 Å². The number of H-pyrrole nitrogens is 1. The molecule has 21 heavy (non-hydrogen) atoms. The van der Waals surface area contributed by atoms with Gasteiger partial charge in [0.2, 0.25) is 6.79 Å². The van der Waals surface area contributed by atoms with Crippen LogP contribution in [0.2, 0.25) is 0 Å². The molecule has 0 radical (unpaired) electrons. The van der Waals surface area contributed by atoms with Gasteiger partial charge in [0.25, 0.3) is 0 Å². The molecule has 0 saturated carbocycles. The molecule has 1 aromatic heterocycles. The summed E-state index contributed by atoms with van der Waals surface area (Å²) in [7, 11) is 0. The Morgan fingerprint density at radius 3 is 2.86 bits per heavy atom. The van der Waals surface area contributed by atoms with Crippen molar-refractivity contribution in [1.82, 2.24) is 4.98 Å². The number of carbonyl (C=O) groups excluding carboxylic acids is 1. The average Bonchev–Trinajstić information content (AvgIpc) is 3.11. The summed E-state index contributed by atoms with van der Waals surface area (Å²) >= 11 is 0. The molecule has 5 heteroatoms. The van der Waals surface area contributed by atoms with Crippen LogP contribution in [0.5, 0.6) is 11.5 Å². The van der Waals surface area contributed by atoms with Crippen molar-refractivity contribution in [1.29, 1.82) is 0 Å². The van der Waals surface area contributed by atoms with Crippen molar-refractivity contribution in [3.8, 4) is 11.5 Å². The molecule has 1 N–H and O–H groups in total. The van der Waals surface area contributed by atoms with E-state index >= 15 is 0 Å². The molecular weight excluding hydrogens is 273 g/mol. The van der Waals surface area contributed by atoms with E-state index in [0.717, 1.165) is 5.52 Å². The van der Waals surface area contributed by atoms with Crippen molar-refractivity contribution in [2.24, 2.45) is 0 Å². The van der Waals surface area contributed by atoms with Crippen LogP contribution in [0.15, 0.2) is 42.6 Å². The molecule has 3 aromatic rings. The second-order valence-corrected chi connectivity index (χ2v) is 4.79. The van der Waals surface area contributed by atoms with Crippen LogP contribution in [0.3, 0.4) is 0 Å². The van der Waals surface area contributed by atoms with Gasteiger partial charge in [-0.25, -0.2) is 4.39 Å². The number of benzene rings is 2. The lowest BCUT2D eigenvalue weighted by Crippen LogP contribution is -2.00. The standard InChI is InChI=1S/C16H10FNO3/c17-10-2-3-13-11(6-10)12(7-18-13)16(19)9-1-4-14-15(5-9)21-8-20-14/h1-7,18H,8H2. The quantitative estimate of drug-likeness (QED) is 0.734. The van der Waals surface area contributed by atoms with E-state index in [-0.39, 0.29) is 18.4 Å². The molecule has 0 fully saturated rings. The van der Waals surface area contributed by atoms with Gasteiger partial charge in [0, 0.05) is 28.2 Å². The van der Waals surface area contributed by atoms with E-state index in [1.807, 2.05) is 0 Å². The lowest BCUT2D eigenvalue weighted by atomic mass is 10.0. The molecule has 0 aliphatic carbocycles. The summed E-state index contributed by atoms with van der Waals surface area (Å²) in [6.07, 6.45) is 1.59. The van der Waals surface area contributed by atoms with Crippen LogP contribution in [0.25, 0.3) is 10.9 Å². The first-order valence-corrected chi connectivity index (χ1v) is 6.43. The van der Waals surface area contributed by atoms with Gasteiger partial charge < -0.3 is 14.5 Å². The van der Waals surface area contributed by atoms with Gasteiger partial charge in [-0.15, -0.1) is 0 Å². The van der Waals surface area contributed by atoms with E-state index in [4.69, 9.17) is 9.47 Å². The van der Waals surface area contributed by atoms with E-state index in [0.29, 0.717) is 28.0 Å². The van der Waals surface area contributed by atoms with Crippen LogP contribution in [-0.2, 0) is 0 Å². The molecule has 2 aromatic carbocycles. The number of nitrogens with one attached hydrogen (secondary N) is 1. The maximum absolute atomic E-state index is 13.4. The summed E-state index contributed by atoms with van der Waals surface area (Å²) in [5, 5.41) is 0.567. The van der Waals surface area contributed by atoms with Crippen molar-refractivity contribution < 1.29 is 18.7 Å². The molecule has 0 amide bonds. The zero-order valence-corrected chi connectivity index (χ0v) is 10.9. The highest BCUT2D eigenvalue weighted by atomic mass is 19.1. The molecule has 0 saturated heterocycles. The first kappa shape index (κ1) is 12.0. The Morgan fingerprint density at radius 2 is 1.95 bits per heavy atom. The third-order valence-corrected chi connectivity index (χ3v) is 3.52. The van der Waals surface area contributed by atoms with Crippen LogP contribution in [-0.4, -0.2) is 17.6 Å². The minimum Gasteiger partial charge on any atom is -0.454 e. The number of aromatic nitrogens is 1. The highest BCUT2D eigenvalue weighted by Crippen LogP contribution is 2.33. The number of rotatable bonds is 2. The first-order valence-electron chi connectivity index (χ1n) is 6.43. The number of carbonyl (C=O) groups is 1. The van der Waals surface area contributed by atoms with E-state index in [9.17, 15) is 9.18 Å². The maximum atomic E-state index is 13.4. The fourth-order valence-electron chi connectivity index (χ4n) is 2.47. The van der Waals surface area contributed by atoms with Crippen LogP contribution < -0.4 is 9.47 Å². The maximum Gasteiger partial charge on any atom is 0.231 e. The predicted octanol–water partition coefficient (Wildman–Crippen LogP) is 3.27. The summed E-state index contributed by atoms with van der Waals surface area (Å²) in [4.78, 5) is 15.6. The summed E-state index contributed by atoms with van der Waals surface area (Å²) in [6, 6.07) is 9.34. The first-order chi connectivity index (χ1) is 10.2. The van der Waals surface area contributed by atoms with Crippen LogP contribution in [0.1, 0.15) is 15.9 Å². The monoisotopic (exact) mass is 283 g/mol. The Balaban J connectivity index is 1.81. The Kier molecular flexibility index (Phi) is 2.47. The number of fused-ring (bicyclic) bond motifs is 2. The van der Waals surface area contributed by atoms with Gasteiger partial charge in [0.05, 0.1) is 0 Å². The number of halogens is 1. The zero-order valence-electron chi connectivity index (χ0n) is 10.9. The topological polar surface area (TPSA) is 51.3 Å². The predicted molar refractivity (Wildman–Crippen MR) is 74.3 cm³/mol. The minimum atomic E-state index is -0.373. The van der Waals surface area contributed by atoms with Gasteiger partial charge in [-0.1, -0.05) is 0 Å². The number of hydrogen-bond donors (Lipinski definition) is 1. The molecule has 0 bridgehead atoms. The molecule has 0 spiro atoms. The Bertz CT molecular complexity index is 869. The zero-order chi connectivity index (χ0) is 14.4. The van der Waals surface area contributed by atoms with Gasteiger partial charge >= 0.3 is 0 Å². The SMILES string of the molecule is O=C(c1ccc2c(c1)OCO2)c1c[nH]c2ccc(F)cc12. The molecule has 1 aliphatic heterocycles. The van der Waals surface area contributed by atoms with Crippen molar-refractivity contribution >= 4 is 16.7 Å². The number of hydrogen-bond acceptors (Lipinski definition) is 3. The molecule has 0 unspecified atom stereocenters. The summed E-state index contributed by atoms with van der Waals surface area (Å²) in [5.41, 5.74) is 1.63. The van der Waals surface area contributed by atoms with E-state index in [2.05, 4.69) is 4.98 Å². The van der Waals surface area contributed by atoms with Gasteiger partial charge in [0.1, 0.15) is 5.82 Å². The second-order valence-electron chi connectivity index (χ2n) is 4.79. The van der Waals surface area contributed by atoms with Crippen molar-refractivity contribution in [2.75, 3.05) is 6.79 Å². The third-order valence-electron chi connectivity index (χ3n) is 3.52. The second kappa shape index (κ2) is 4.34. The smallest absolute Gasteiger partial charge is 0.231 e. The molecular formula is C16H10FNO3. The van der Waals surface area contributed by atoms with Crippen molar-refractivity contribution in [3.63, 3.8) is 0 Å². The lowest BCUT2D eigenvalue weighted by molar-refractivity contribution is 0.104. The molecule has 4 nitrogen and oxygen atoms in total. The fourth-order valence-corrected chi connectivity index (χ4v) is 2.47. The van der Waals surface area contributed by atoms with E-state index < -0.39 is 0 Å². The molecule has 0 atom stereocenters. The summed E-state index contributed by atoms with van der Waals surface area (Å²) in [6.45, 7) is 0.158. The van der Waals surface area contributed by atoms with E-state index in [1.54, 1.807) is 30.5 Å². The summed E-state index contributed by atoms with van der Waals surface area (Å²) < 4.78 is 23.9. The third kappa shape index (κ3) is 1.86. The highest BCUT2D eigenvalue weighted by Gasteiger charge is 2.19. The van der Waals surface area contributed by atoms with Gasteiger partial charge in [-0.05, 0) is 36.4 Å². The number of ether oxygens (including phenoxy) is 2. The number of aromatic amines is 1. The molecule has 104 valence electrons. The Morgan fingerprint density at radius 1 is 1.10 bits per heavy atom. The van der Waals surface area contributed by atoms with Crippen LogP contribution in [0, 0.1) is 5.82 Å². The fraction of sp³-hybridized carbons (Fsp3) is 0.0625. The summed E-state index contributed by atoms with van der Waals surface area (Å²) in [5.74, 6) is 0.607. The van der Waals surface area contributed by atoms with Crippen LogP contribution >= 0.6 is 0 Å².